The number of carbonyl (C=O) groups is 1. The van der Waals surface area contributed by atoms with Gasteiger partial charge >= 0.3 is 0 Å². The molecule has 2 unspecified atom stereocenters. The maximum atomic E-state index is 12.2. The van der Waals surface area contributed by atoms with Crippen molar-refractivity contribution in [3.8, 4) is 11.5 Å². The molecule has 5 nitrogen and oxygen atoms in total. The van der Waals surface area contributed by atoms with Crippen molar-refractivity contribution >= 4 is 24.0 Å². The number of anilines is 1. The first-order valence-electron chi connectivity index (χ1n) is 7.72. The Balaban J connectivity index is 0.00000144. The molecule has 6 heteroatoms. The molecule has 2 atom stereocenters. The van der Waals surface area contributed by atoms with Crippen LogP contribution in [0.5, 0.6) is 11.5 Å². The smallest absolute Gasteiger partial charge is 0.231 e. The topological polar surface area (TPSA) is 59.6 Å². The molecule has 4 rings (SSSR count). The van der Waals surface area contributed by atoms with Gasteiger partial charge in [-0.15, -0.1) is 12.4 Å². The molecule has 0 radical (unpaired) electrons. The highest BCUT2D eigenvalue weighted by Crippen LogP contribution is 2.35. The van der Waals surface area contributed by atoms with Gasteiger partial charge in [0.1, 0.15) is 0 Å². The second-order valence-electron chi connectivity index (χ2n) is 6.30. The van der Waals surface area contributed by atoms with E-state index >= 15 is 0 Å². The molecule has 1 aromatic carbocycles. The van der Waals surface area contributed by atoms with Crippen molar-refractivity contribution in [2.45, 2.75) is 44.2 Å². The van der Waals surface area contributed by atoms with Crippen LogP contribution in [0.1, 0.15) is 32.1 Å². The highest BCUT2D eigenvalue weighted by molar-refractivity contribution is 5.91. The Morgan fingerprint density at radius 2 is 1.91 bits per heavy atom. The fraction of sp³-hybridized carbons (Fsp3) is 0.562. The van der Waals surface area contributed by atoms with Crippen molar-refractivity contribution < 1.29 is 14.3 Å². The van der Waals surface area contributed by atoms with Crippen LogP contribution in [0.15, 0.2) is 18.2 Å². The van der Waals surface area contributed by atoms with Crippen LogP contribution in [0, 0.1) is 5.92 Å². The number of halogens is 1. The molecule has 0 aliphatic carbocycles. The van der Waals surface area contributed by atoms with Gasteiger partial charge < -0.3 is 20.1 Å². The average molecular weight is 325 g/mol. The molecule has 2 bridgehead atoms. The van der Waals surface area contributed by atoms with E-state index in [0.29, 0.717) is 30.2 Å². The molecule has 3 aliphatic heterocycles. The number of nitrogens with one attached hydrogen (secondary N) is 2. The lowest BCUT2D eigenvalue weighted by molar-refractivity contribution is -0.117. The Hall–Kier alpha value is -1.46. The SMILES string of the molecule is Cl.O=C(CC1CC2CCC(C1)N2)Nc1ccc2c(c1)OCO2. The summed E-state index contributed by atoms with van der Waals surface area (Å²) >= 11 is 0. The molecule has 22 heavy (non-hydrogen) atoms. The van der Waals surface area contributed by atoms with Gasteiger partial charge in [-0.1, -0.05) is 0 Å². The van der Waals surface area contributed by atoms with E-state index in [-0.39, 0.29) is 25.1 Å². The van der Waals surface area contributed by atoms with Crippen molar-refractivity contribution in [2.24, 2.45) is 5.92 Å². The van der Waals surface area contributed by atoms with E-state index in [9.17, 15) is 4.79 Å². The summed E-state index contributed by atoms with van der Waals surface area (Å²) in [6, 6.07) is 6.78. The Kier molecular flexibility index (Phi) is 4.45. The molecule has 2 N–H and O–H groups in total. The maximum absolute atomic E-state index is 12.2. The summed E-state index contributed by atoms with van der Waals surface area (Å²) in [5, 5.41) is 6.58. The Bertz CT molecular complexity index is 554. The predicted octanol–water partition coefficient (Wildman–Crippen LogP) is 2.70. The zero-order chi connectivity index (χ0) is 14.2. The van der Waals surface area contributed by atoms with Gasteiger partial charge in [0, 0.05) is 30.3 Å². The molecular formula is C16H21ClN2O3. The van der Waals surface area contributed by atoms with E-state index in [0.717, 1.165) is 24.3 Å². The van der Waals surface area contributed by atoms with Gasteiger partial charge in [0.15, 0.2) is 11.5 Å². The summed E-state index contributed by atoms with van der Waals surface area (Å²) in [5.74, 6) is 2.05. The van der Waals surface area contributed by atoms with Crippen LogP contribution in [-0.2, 0) is 4.79 Å². The summed E-state index contributed by atoms with van der Waals surface area (Å²) in [6.07, 6.45) is 5.41. The van der Waals surface area contributed by atoms with Crippen molar-refractivity contribution in [2.75, 3.05) is 12.1 Å². The normalized spacial score (nSPS) is 28.1. The predicted molar refractivity (Wildman–Crippen MR) is 85.7 cm³/mol. The van der Waals surface area contributed by atoms with E-state index in [1.165, 1.54) is 12.8 Å². The Labute approximate surface area is 136 Å². The molecule has 1 amide bonds. The standard InChI is InChI=1S/C16H20N2O3.ClH/c19-16(7-10-5-11-1-2-12(6-10)17-11)18-13-3-4-14-15(8-13)21-9-20-14;/h3-4,8,10-12,17H,1-2,5-7,9H2,(H,18,19);1H. The third kappa shape index (κ3) is 3.15. The van der Waals surface area contributed by atoms with Gasteiger partial charge in [0.2, 0.25) is 12.7 Å². The minimum Gasteiger partial charge on any atom is -0.454 e. The van der Waals surface area contributed by atoms with E-state index in [2.05, 4.69) is 10.6 Å². The molecular weight excluding hydrogens is 304 g/mol. The average Bonchev–Trinajstić information content (AvgIpc) is 3.04. The molecule has 0 aromatic heterocycles. The Morgan fingerprint density at radius 1 is 1.18 bits per heavy atom. The Morgan fingerprint density at radius 3 is 2.68 bits per heavy atom. The van der Waals surface area contributed by atoms with Crippen molar-refractivity contribution in [1.29, 1.82) is 0 Å². The van der Waals surface area contributed by atoms with E-state index in [4.69, 9.17) is 9.47 Å². The van der Waals surface area contributed by atoms with E-state index < -0.39 is 0 Å². The van der Waals surface area contributed by atoms with Crippen LogP contribution < -0.4 is 20.1 Å². The van der Waals surface area contributed by atoms with Crippen LogP contribution in [0.4, 0.5) is 5.69 Å². The number of ether oxygens (including phenoxy) is 2. The molecule has 2 fully saturated rings. The first kappa shape index (κ1) is 15.4. The second-order valence-corrected chi connectivity index (χ2v) is 6.30. The highest BCUT2D eigenvalue weighted by atomic mass is 35.5. The van der Waals surface area contributed by atoms with Gasteiger partial charge in [-0.3, -0.25) is 4.79 Å². The minimum atomic E-state index is 0. The van der Waals surface area contributed by atoms with Gasteiger partial charge in [-0.2, -0.15) is 0 Å². The van der Waals surface area contributed by atoms with Crippen LogP contribution in [0.25, 0.3) is 0 Å². The third-order valence-corrected chi connectivity index (χ3v) is 4.70. The first-order valence-corrected chi connectivity index (χ1v) is 7.72. The van der Waals surface area contributed by atoms with Crippen molar-refractivity contribution in [1.82, 2.24) is 5.32 Å². The number of hydrogen-bond donors (Lipinski definition) is 2. The summed E-state index contributed by atoms with van der Waals surface area (Å²) in [4.78, 5) is 12.2. The van der Waals surface area contributed by atoms with E-state index in [1.54, 1.807) is 0 Å². The van der Waals surface area contributed by atoms with Crippen LogP contribution >= 0.6 is 12.4 Å². The zero-order valence-corrected chi connectivity index (χ0v) is 13.2. The number of fused-ring (bicyclic) bond motifs is 3. The highest BCUT2D eigenvalue weighted by Gasteiger charge is 2.34. The lowest BCUT2D eigenvalue weighted by atomic mass is 9.89. The zero-order valence-electron chi connectivity index (χ0n) is 12.3. The number of carbonyl (C=O) groups excluding carboxylic acids is 1. The molecule has 3 aliphatic rings. The van der Waals surface area contributed by atoms with Gasteiger partial charge in [-0.25, -0.2) is 0 Å². The van der Waals surface area contributed by atoms with Crippen LogP contribution in [-0.4, -0.2) is 24.8 Å². The monoisotopic (exact) mass is 324 g/mol. The minimum absolute atomic E-state index is 0. The van der Waals surface area contributed by atoms with Gasteiger partial charge in [-0.05, 0) is 43.7 Å². The van der Waals surface area contributed by atoms with Gasteiger partial charge in [0.05, 0.1) is 0 Å². The summed E-state index contributed by atoms with van der Waals surface area (Å²) in [6.45, 7) is 0.255. The number of hydrogen-bond acceptors (Lipinski definition) is 4. The summed E-state index contributed by atoms with van der Waals surface area (Å²) in [5.41, 5.74) is 0.779. The van der Waals surface area contributed by atoms with E-state index in [1.807, 2.05) is 18.2 Å². The number of rotatable bonds is 3. The van der Waals surface area contributed by atoms with Gasteiger partial charge in [0.25, 0.3) is 0 Å². The van der Waals surface area contributed by atoms with Crippen LogP contribution in [0.3, 0.4) is 0 Å². The lowest BCUT2D eigenvalue weighted by Gasteiger charge is -2.28. The number of benzene rings is 1. The number of piperidine rings is 1. The third-order valence-electron chi connectivity index (χ3n) is 4.70. The molecule has 2 saturated heterocycles. The summed E-state index contributed by atoms with van der Waals surface area (Å²) in [7, 11) is 0. The summed E-state index contributed by atoms with van der Waals surface area (Å²) < 4.78 is 10.6. The molecule has 3 heterocycles. The largest absolute Gasteiger partial charge is 0.454 e. The fourth-order valence-corrected chi connectivity index (χ4v) is 3.79. The molecule has 1 aromatic rings. The molecule has 0 saturated carbocycles. The molecule has 0 spiro atoms. The molecule has 120 valence electrons. The maximum Gasteiger partial charge on any atom is 0.231 e. The first-order chi connectivity index (χ1) is 10.3. The fourth-order valence-electron chi connectivity index (χ4n) is 3.79. The number of amides is 1. The lowest BCUT2D eigenvalue weighted by Crippen LogP contribution is -2.39. The van der Waals surface area contributed by atoms with Crippen LogP contribution in [0.2, 0.25) is 0 Å². The second kappa shape index (κ2) is 6.34. The quantitative estimate of drug-likeness (QED) is 0.897. The van der Waals surface area contributed by atoms with Crippen molar-refractivity contribution in [3.05, 3.63) is 18.2 Å². The van der Waals surface area contributed by atoms with Crippen molar-refractivity contribution in [3.63, 3.8) is 0 Å².